The van der Waals surface area contributed by atoms with Crippen LogP contribution >= 0.6 is 0 Å². The van der Waals surface area contributed by atoms with Crippen LogP contribution in [0, 0.1) is 0 Å². The van der Waals surface area contributed by atoms with Gasteiger partial charge in [0.1, 0.15) is 17.8 Å². The first-order chi connectivity index (χ1) is 13.8. The Morgan fingerprint density at radius 1 is 1.14 bits per heavy atom. The Bertz CT molecular complexity index is 923. The molecule has 2 aromatic carbocycles. The summed E-state index contributed by atoms with van der Waals surface area (Å²) >= 11 is 0. The smallest absolute Gasteiger partial charge is 0.387 e. The Hall–Kier alpha value is -3.49. The molecule has 2 aromatic rings. The van der Waals surface area contributed by atoms with Crippen molar-refractivity contribution in [2.24, 2.45) is 0 Å². The van der Waals surface area contributed by atoms with E-state index in [1.165, 1.54) is 18.2 Å². The summed E-state index contributed by atoms with van der Waals surface area (Å²) in [5, 5.41) is 5.12. The van der Waals surface area contributed by atoms with Gasteiger partial charge in [0.25, 0.3) is 5.91 Å². The quantitative estimate of drug-likeness (QED) is 0.695. The average Bonchev–Trinajstić information content (AvgIpc) is 2.91. The summed E-state index contributed by atoms with van der Waals surface area (Å²) < 4.78 is 29.3. The number of hydrogen-bond acceptors (Lipinski definition) is 4. The number of ether oxygens (including phenoxy) is 1. The van der Waals surface area contributed by atoms with Crippen molar-refractivity contribution in [3.63, 3.8) is 0 Å². The normalized spacial score (nSPS) is 18.7. The summed E-state index contributed by atoms with van der Waals surface area (Å²) in [6, 6.07) is 14.0. The van der Waals surface area contributed by atoms with Crippen LogP contribution in [0.4, 0.5) is 13.6 Å². The lowest BCUT2D eigenvalue weighted by atomic mass is 9.92. The number of amides is 4. The predicted molar refractivity (Wildman–Crippen MR) is 99.0 cm³/mol. The molecule has 1 aliphatic rings. The van der Waals surface area contributed by atoms with Crippen LogP contribution in [0.15, 0.2) is 54.6 Å². The molecule has 1 aliphatic heterocycles. The van der Waals surface area contributed by atoms with Crippen molar-refractivity contribution < 1.29 is 27.9 Å². The fourth-order valence-corrected chi connectivity index (χ4v) is 3.06. The third kappa shape index (κ3) is 4.34. The maximum atomic E-state index is 12.8. The zero-order valence-corrected chi connectivity index (χ0v) is 15.5. The van der Waals surface area contributed by atoms with Crippen LogP contribution in [-0.2, 0) is 21.7 Å². The third-order valence-electron chi connectivity index (χ3n) is 4.59. The Kier molecular flexibility index (Phi) is 5.76. The standard InChI is InChI=1S/C20H19F2N3O4/c1-20(14-8-3-2-4-9-14)17(27)25(19(28)24-20)12-16(26)23-11-13-7-5-6-10-15(13)29-18(21)22/h2-10,18H,11-12H2,1H3,(H,23,26)(H,24,28). The van der Waals surface area contributed by atoms with Crippen molar-refractivity contribution >= 4 is 17.8 Å². The van der Waals surface area contributed by atoms with Gasteiger partial charge in [0.15, 0.2) is 0 Å². The van der Waals surface area contributed by atoms with Crippen molar-refractivity contribution in [3.8, 4) is 5.75 Å². The first kappa shape index (κ1) is 20.2. The number of carbonyl (C=O) groups excluding carboxylic acids is 3. The number of carbonyl (C=O) groups is 3. The molecular weight excluding hydrogens is 384 g/mol. The second-order valence-electron chi connectivity index (χ2n) is 6.58. The number of rotatable bonds is 7. The highest BCUT2D eigenvalue weighted by atomic mass is 19.3. The monoisotopic (exact) mass is 403 g/mol. The molecule has 4 amide bonds. The summed E-state index contributed by atoms with van der Waals surface area (Å²) in [7, 11) is 0. The van der Waals surface area contributed by atoms with Crippen molar-refractivity contribution in [3.05, 3.63) is 65.7 Å². The first-order valence-electron chi connectivity index (χ1n) is 8.80. The van der Waals surface area contributed by atoms with Crippen molar-refractivity contribution in [1.82, 2.24) is 15.5 Å². The SMILES string of the molecule is CC1(c2ccccc2)NC(=O)N(CC(=O)NCc2ccccc2OC(F)F)C1=O. The van der Waals surface area contributed by atoms with E-state index in [-0.39, 0.29) is 12.3 Å². The van der Waals surface area contributed by atoms with Crippen LogP contribution in [-0.4, -0.2) is 35.9 Å². The van der Waals surface area contributed by atoms with Gasteiger partial charge < -0.3 is 15.4 Å². The molecule has 3 rings (SSSR count). The van der Waals surface area contributed by atoms with Gasteiger partial charge in [-0.3, -0.25) is 14.5 Å². The Balaban J connectivity index is 1.64. The molecule has 0 aliphatic carbocycles. The lowest BCUT2D eigenvalue weighted by Crippen LogP contribution is -2.43. The summed E-state index contributed by atoms with van der Waals surface area (Å²) in [4.78, 5) is 38.1. The molecular formula is C20H19F2N3O4. The van der Waals surface area contributed by atoms with E-state index in [0.29, 0.717) is 11.1 Å². The van der Waals surface area contributed by atoms with E-state index in [2.05, 4.69) is 15.4 Å². The molecule has 0 saturated carbocycles. The molecule has 0 bridgehead atoms. The van der Waals surface area contributed by atoms with Crippen molar-refractivity contribution in [1.29, 1.82) is 0 Å². The molecule has 152 valence electrons. The second kappa shape index (κ2) is 8.26. The Morgan fingerprint density at radius 3 is 2.48 bits per heavy atom. The highest BCUT2D eigenvalue weighted by molar-refractivity contribution is 6.09. The lowest BCUT2D eigenvalue weighted by Gasteiger charge is -2.22. The average molecular weight is 403 g/mol. The number of halogens is 2. The molecule has 0 spiro atoms. The molecule has 9 heteroatoms. The molecule has 0 radical (unpaired) electrons. The minimum Gasteiger partial charge on any atom is -0.434 e. The maximum absolute atomic E-state index is 12.8. The molecule has 0 aromatic heterocycles. The van der Waals surface area contributed by atoms with E-state index in [9.17, 15) is 23.2 Å². The number of nitrogens with zero attached hydrogens (tertiary/aromatic N) is 1. The molecule has 1 heterocycles. The maximum Gasteiger partial charge on any atom is 0.387 e. The van der Waals surface area contributed by atoms with Gasteiger partial charge in [0.05, 0.1) is 0 Å². The minimum absolute atomic E-state index is 0.0607. The van der Waals surface area contributed by atoms with Gasteiger partial charge >= 0.3 is 12.6 Å². The van der Waals surface area contributed by atoms with Gasteiger partial charge in [-0.1, -0.05) is 48.5 Å². The van der Waals surface area contributed by atoms with Gasteiger partial charge in [0.2, 0.25) is 5.91 Å². The van der Waals surface area contributed by atoms with Crippen molar-refractivity contribution in [2.45, 2.75) is 25.6 Å². The fourth-order valence-electron chi connectivity index (χ4n) is 3.06. The fraction of sp³-hybridized carbons (Fsp3) is 0.250. The summed E-state index contributed by atoms with van der Waals surface area (Å²) in [6.07, 6.45) is 0. The van der Waals surface area contributed by atoms with Crippen LogP contribution in [0.3, 0.4) is 0 Å². The van der Waals surface area contributed by atoms with E-state index in [1.807, 2.05) is 0 Å². The van der Waals surface area contributed by atoms with Crippen LogP contribution in [0.25, 0.3) is 0 Å². The zero-order valence-electron chi connectivity index (χ0n) is 15.5. The summed E-state index contributed by atoms with van der Waals surface area (Å²) in [5.74, 6) is -1.22. The number of imide groups is 1. The van der Waals surface area contributed by atoms with Gasteiger partial charge in [-0.05, 0) is 18.6 Å². The van der Waals surface area contributed by atoms with Crippen LogP contribution in [0.2, 0.25) is 0 Å². The first-order valence-corrected chi connectivity index (χ1v) is 8.80. The number of urea groups is 1. The minimum atomic E-state index is -2.99. The molecule has 1 atom stereocenters. The molecule has 1 fully saturated rings. The Morgan fingerprint density at radius 2 is 1.79 bits per heavy atom. The highest BCUT2D eigenvalue weighted by Crippen LogP contribution is 2.28. The number of alkyl halides is 2. The lowest BCUT2D eigenvalue weighted by molar-refractivity contribution is -0.134. The summed E-state index contributed by atoms with van der Waals surface area (Å²) in [6.45, 7) is -2.02. The third-order valence-corrected chi connectivity index (χ3v) is 4.59. The molecule has 1 unspecified atom stereocenters. The zero-order chi connectivity index (χ0) is 21.0. The van der Waals surface area contributed by atoms with Crippen LogP contribution in [0.1, 0.15) is 18.1 Å². The highest BCUT2D eigenvalue weighted by Gasteiger charge is 2.49. The second-order valence-corrected chi connectivity index (χ2v) is 6.58. The summed E-state index contributed by atoms with van der Waals surface area (Å²) in [5.41, 5.74) is -0.331. The number of hydrogen-bond donors (Lipinski definition) is 2. The van der Waals surface area contributed by atoms with E-state index < -0.39 is 36.5 Å². The van der Waals surface area contributed by atoms with Crippen molar-refractivity contribution in [2.75, 3.05) is 6.54 Å². The van der Waals surface area contributed by atoms with E-state index >= 15 is 0 Å². The van der Waals surface area contributed by atoms with Gasteiger partial charge in [-0.15, -0.1) is 0 Å². The van der Waals surface area contributed by atoms with Crippen LogP contribution in [0.5, 0.6) is 5.75 Å². The van der Waals surface area contributed by atoms with E-state index in [4.69, 9.17) is 0 Å². The van der Waals surface area contributed by atoms with Gasteiger partial charge in [-0.25, -0.2) is 4.79 Å². The number of benzene rings is 2. The van der Waals surface area contributed by atoms with Gasteiger partial charge in [0, 0.05) is 12.1 Å². The Labute approximate surface area is 165 Å². The largest absolute Gasteiger partial charge is 0.434 e. The molecule has 2 N–H and O–H groups in total. The molecule has 1 saturated heterocycles. The van der Waals surface area contributed by atoms with Gasteiger partial charge in [-0.2, -0.15) is 8.78 Å². The van der Waals surface area contributed by atoms with Crippen LogP contribution < -0.4 is 15.4 Å². The van der Waals surface area contributed by atoms with E-state index in [0.717, 1.165) is 4.90 Å². The topological polar surface area (TPSA) is 87.7 Å². The predicted octanol–water partition coefficient (Wildman–Crippen LogP) is 2.37. The van der Waals surface area contributed by atoms with E-state index in [1.54, 1.807) is 43.3 Å². The number of para-hydroxylation sites is 1. The molecule has 29 heavy (non-hydrogen) atoms. The number of nitrogens with one attached hydrogen (secondary N) is 2. The molecule has 7 nitrogen and oxygen atoms in total.